The molecule has 1 aliphatic rings. The number of rotatable bonds is 8. The number of amides is 2. The van der Waals surface area contributed by atoms with Gasteiger partial charge in [-0.2, -0.15) is 0 Å². The van der Waals surface area contributed by atoms with Crippen LogP contribution in [0.4, 0.5) is 15.8 Å². The maximum Gasteiger partial charge on any atom is 0.312 e. The molecule has 182 valence electrons. The molecule has 2 aromatic carbocycles. The number of sulfonamides is 1. The summed E-state index contributed by atoms with van der Waals surface area (Å²) in [6.07, 6.45) is -1.32. The van der Waals surface area contributed by atoms with E-state index < -0.39 is 45.6 Å². The third-order valence-corrected chi connectivity index (χ3v) is 6.76. The molecule has 0 radical (unpaired) electrons. The molecule has 1 heterocycles. The van der Waals surface area contributed by atoms with Crippen LogP contribution in [0.2, 0.25) is 0 Å². The van der Waals surface area contributed by atoms with Gasteiger partial charge in [-0.3, -0.25) is 14.4 Å². The van der Waals surface area contributed by atoms with Crippen LogP contribution in [0.3, 0.4) is 0 Å². The van der Waals surface area contributed by atoms with Crippen LogP contribution in [0.25, 0.3) is 0 Å². The first-order chi connectivity index (χ1) is 16.0. The van der Waals surface area contributed by atoms with E-state index in [4.69, 9.17) is 4.74 Å². The van der Waals surface area contributed by atoms with Gasteiger partial charge in [0.15, 0.2) is 6.10 Å². The molecule has 1 aliphatic heterocycles. The number of carbonyl (C=O) groups is 3. The largest absolute Gasteiger partial charge is 0.452 e. The molecule has 34 heavy (non-hydrogen) atoms. The van der Waals surface area contributed by atoms with E-state index in [0.717, 1.165) is 0 Å². The van der Waals surface area contributed by atoms with Crippen LogP contribution >= 0.6 is 0 Å². The molecule has 2 atom stereocenters. The third kappa shape index (κ3) is 5.97. The maximum absolute atomic E-state index is 14.0. The van der Waals surface area contributed by atoms with Gasteiger partial charge in [-0.05, 0) is 57.2 Å². The molecule has 0 aromatic heterocycles. The Labute approximate surface area is 197 Å². The van der Waals surface area contributed by atoms with Gasteiger partial charge in [-0.1, -0.05) is 12.1 Å². The average Bonchev–Trinajstić information content (AvgIpc) is 3.15. The highest BCUT2D eigenvalue weighted by atomic mass is 32.2. The first-order valence-electron chi connectivity index (χ1n) is 10.7. The first kappa shape index (κ1) is 25.3. The number of nitrogens with zero attached hydrogens (tertiary/aromatic N) is 1. The van der Waals surface area contributed by atoms with Crippen molar-refractivity contribution in [3.63, 3.8) is 0 Å². The van der Waals surface area contributed by atoms with Gasteiger partial charge in [0, 0.05) is 24.7 Å². The topological polar surface area (TPSA) is 122 Å². The minimum Gasteiger partial charge on any atom is -0.452 e. The summed E-state index contributed by atoms with van der Waals surface area (Å²) in [5.74, 6) is -3.18. The van der Waals surface area contributed by atoms with Gasteiger partial charge in [0.1, 0.15) is 5.82 Å². The lowest BCUT2D eigenvalue weighted by Crippen LogP contribution is -2.33. The number of para-hydroxylation sites is 1. The van der Waals surface area contributed by atoms with E-state index in [1.807, 2.05) is 0 Å². The molecule has 2 aromatic rings. The number of carbonyl (C=O) groups excluding carboxylic acids is 3. The Morgan fingerprint density at radius 2 is 1.74 bits per heavy atom. The molecule has 0 spiro atoms. The summed E-state index contributed by atoms with van der Waals surface area (Å²) in [6.45, 7) is 4.73. The lowest BCUT2D eigenvalue weighted by molar-refractivity contribution is -0.157. The smallest absolute Gasteiger partial charge is 0.312 e. The van der Waals surface area contributed by atoms with Crippen molar-refractivity contribution < 1.29 is 31.9 Å². The zero-order valence-corrected chi connectivity index (χ0v) is 19.8. The van der Waals surface area contributed by atoms with Crippen molar-refractivity contribution in [1.29, 1.82) is 0 Å². The summed E-state index contributed by atoms with van der Waals surface area (Å²) in [5, 5.41) is 2.55. The van der Waals surface area contributed by atoms with E-state index in [2.05, 4.69) is 10.0 Å². The van der Waals surface area contributed by atoms with Crippen LogP contribution in [0.15, 0.2) is 53.4 Å². The summed E-state index contributed by atoms with van der Waals surface area (Å²) in [6, 6.07) is 11.0. The number of hydrogen-bond donors (Lipinski definition) is 2. The van der Waals surface area contributed by atoms with E-state index in [9.17, 15) is 27.2 Å². The van der Waals surface area contributed by atoms with Gasteiger partial charge in [0.05, 0.1) is 16.5 Å². The second-order valence-electron chi connectivity index (χ2n) is 8.23. The lowest BCUT2D eigenvalue weighted by Gasteiger charge is -2.18. The number of benzene rings is 2. The average molecular weight is 492 g/mol. The number of halogens is 1. The molecule has 1 fully saturated rings. The fourth-order valence-corrected chi connectivity index (χ4v) is 4.68. The minimum atomic E-state index is -3.67. The van der Waals surface area contributed by atoms with Gasteiger partial charge in [0.25, 0.3) is 5.91 Å². The molecular weight excluding hydrogens is 465 g/mol. The number of hydrogen-bond acceptors (Lipinski definition) is 6. The predicted octanol–water partition coefficient (Wildman–Crippen LogP) is 2.44. The fraction of sp³-hybridized carbons (Fsp3) is 0.348. The van der Waals surface area contributed by atoms with E-state index >= 15 is 0 Å². The molecule has 9 nitrogen and oxygen atoms in total. The van der Waals surface area contributed by atoms with Gasteiger partial charge < -0.3 is 15.0 Å². The number of anilines is 2. The standard InChI is InChI=1S/C23H26FN3O6S/c1-14(2)26-34(31,32)18-10-8-17(9-11-18)25-22(29)15(3)33-23(30)16-12-21(28)27(13-16)20-7-5-4-6-19(20)24/h4-11,14-16,26H,12-13H2,1-3H3,(H,25,29)/t15-,16-/m1/s1. The second-order valence-corrected chi connectivity index (χ2v) is 9.94. The number of esters is 1. The van der Waals surface area contributed by atoms with Gasteiger partial charge in [-0.25, -0.2) is 17.5 Å². The fourth-order valence-electron chi connectivity index (χ4n) is 3.43. The third-order valence-electron chi connectivity index (χ3n) is 5.09. The van der Waals surface area contributed by atoms with Crippen molar-refractivity contribution in [2.45, 2.75) is 44.2 Å². The highest BCUT2D eigenvalue weighted by molar-refractivity contribution is 7.89. The molecule has 2 N–H and O–H groups in total. The number of nitrogens with one attached hydrogen (secondary N) is 2. The molecule has 1 saturated heterocycles. The van der Waals surface area contributed by atoms with Gasteiger partial charge in [0.2, 0.25) is 15.9 Å². The molecular formula is C23H26FN3O6S. The SMILES string of the molecule is CC(C)NS(=O)(=O)c1ccc(NC(=O)[C@@H](C)OC(=O)[C@@H]2CC(=O)N(c3ccccc3F)C2)cc1. The van der Waals surface area contributed by atoms with E-state index in [-0.39, 0.29) is 29.6 Å². The Bertz CT molecular complexity index is 1180. The Hall–Kier alpha value is -3.31. The molecule has 3 rings (SSSR count). The normalized spacial score (nSPS) is 17.0. The Balaban J connectivity index is 1.57. The molecule has 11 heteroatoms. The highest BCUT2D eigenvalue weighted by Gasteiger charge is 2.38. The first-order valence-corrected chi connectivity index (χ1v) is 12.1. The Morgan fingerprint density at radius 1 is 1.09 bits per heavy atom. The molecule has 0 saturated carbocycles. The van der Waals surface area contributed by atoms with E-state index in [1.165, 1.54) is 54.3 Å². The highest BCUT2D eigenvalue weighted by Crippen LogP contribution is 2.28. The molecule has 0 bridgehead atoms. The zero-order chi connectivity index (χ0) is 25.0. The van der Waals surface area contributed by atoms with Crippen LogP contribution in [0.5, 0.6) is 0 Å². The van der Waals surface area contributed by atoms with Crippen molar-refractivity contribution in [3.05, 3.63) is 54.3 Å². The van der Waals surface area contributed by atoms with Gasteiger partial charge >= 0.3 is 5.97 Å². The Morgan fingerprint density at radius 3 is 2.35 bits per heavy atom. The predicted molar refractivity (Wildman–Crippen MR) is 123 cm³/mol. The summed E-state index contributed by atoms with van der Waals surface area (Å²) in [7, 11) is -3.67. The van der Waals surface area contributed by atoms with E-state index in [0.29, 0.717) is 5.69 Å². The number of ether oxygens (including phenoxy) is 1. The van der Waals surface area contributed by atoms with Crippen LogP contribution < -0.4 is 14.9 Å². The quantitative estimate of drug-likeness (QED) is 0.547. The summed E-state index contributed by atoms with van der Waals surface area (Å²) >= 11 is 0. The van der Waals surface area contributed by atoms with Gasteiger partial charge in [-0.15, -0.1) is 0 Å². The van der Waals surface area contributed by atoms with Crippen LogP contribution in [0, 0.1) is 11.7 Å². The van der Waals surface area contributed by atoms with Crippen molar-refractivity contribution in [3.8, 4) is 0 Å². The van der Waals surface area contributed by atoms with Crippen LogP contribution in [-0.2, 0) is 29.1 Å². The van der Waals surface area contributed by atoms with Crippen molar-refractivity contribution in [2.24, 2.45) is 5.92 Å². The van der Waals surface area contributed by atoms with Crippen molar-refractivity contribution >= 4 is 39.2 Å². The van der Waals surface area contributed by atoms with Crippen LogP contribution in [-0.4, -0.2) is 44.9 Å². The summed E-state index contributed by atoms with van der Waals surface area (Å²) < 4.78 is 46.1. The second kappa shape index (κ2) is 10.3. The molecule has 0 unspecified atom stereocenters. The maximum atomic E-state index is 14.0. The Kier molecular flexibility index (Phi) is 7.68. The minimum absolute atomic E-state index is 0.0454. The van der Waals surface area contributed by atoms with Crippen molar-refractivity contribution in [2.75, 3.05) is 16.8 Å². The lowest BCUT2D eigenvalue weighted by atomic mass is 10.1. The zero-order valence-electron chi connectivity index (χ0n) is 18.9. The summed E-state index contributed by atoms with van der Waals surface area (Å²) in [4.78, 5) is 38.5. The van der Waals surface area contributed by atoms with E-state index in [1.54, 1.807) is 19.9 Å². The monoisotopic (exact) mass is 491 g/mol. The summed E-state index contributed by atoms with van der Waals surface area (Å²) in [5.41, 5.74) is 0.404. The van der Waals surface area contributed by atoms with Crippen LogP contribution in [0.1, 0.15) is 27.2 Å². The molecule has 0 aliphatic carbocycles. The molecule has 2 amide bonds. The van der Waals surface area contributed by atoms with Crippen molar-refractivity contribution in [1.82, 2.24) is 4.72 Å².